The molecule has 4 aliphatic heterocycles. The lowest BCUT2D eigenvalue weighted by Gasteiger charge is -2.27. The number of amides is 2. The van der Waals surface area contributed by atoms with E-state index >= 15 is 0 Å². The number of aliphatic hydroxyl groups is 2. The molecule has 0 bridgehead atoms. The third-order valence-corrected chi connectivity index (χ3v) is 12.9. The number of likely N-dealkylation sites (tertiary alicyclic amines) is 1. The van der Waals surface area contributed by atoms with Crippen LogP contribution < -0.4 is 5.32 Å². The fourth-order valence-corrected chi connectivity index (χ4v) is 9.49. The number of rotatable bonds is 29. The zero-order chi connectivity index (χ0) is 44.9. The molecule has 13 heteroatoms. The van der Waals surface area contributed by atoms with E-state index < -0.39 is 35.9 Å². The maximum Gasteiger partial charge on any atom is 0.408 e. The van der Waals surface area contributed by atoms with Crippen LogP contribution in [0.3, 0.4) is 0 Å². The van der Waals surface area contributed by atoms with E-state index in [0.717, 1.165) is 102 Å². The first-order chi connectivity index (χ1) is 29.7. The van der Waals surface area contributed by atoms with Crippen molar-refractivity contribution < 1.29 is 53.1 Å². The van der Waals surface area contributed by atoms with Gasteiger partial charge in [-0.3, -0.25) is 4.79 Å². The van der Waals surface area contributed by atoms with E-state index in [0.29, 0.717) is 38.6 Å². The van der Waals surface area contributed by atoms with E-state index in [4.69, 9.17) is 23.7 Å². The first-order valence-corrected chi connectivity index (χ1v) is 24.8. The Kier molecular flexibility index (Phi) is 23.1. The summed E-state index contributed by atoms with van der Waals surface area (Å²) in [7, 11) is 0. The number of nitrogens with one attached hydrogen (secondary N) is 1. The second-order valence-corrected chi connectivity index (χ2v) is 19.5. The van der Waals surface area contributed by atoms with Gasteiger partial charge in [-0.25, -0.2) is 14.4 Å². The predicted octanol–water partition coefficient (Wildman–Crippen LogP) is 8.92. The molecule has 0 saturated carbocycles. The topological polar surface area (TPSA) is 170 Å². The van der Waals surface area contributed by atoms with Gasteiger partial charge in [-0.05, 0) is 124 Å². The molecule has 0 spiro atoms. The van der Waals surface area contributed by atoms with Crippen molar-refractivity contribution >= 4 is 23.9 Å². The third kappa shape index (κ3) is 18.8. The minimum Gasteiger partial charge on any atom is -0.461 e. The van der Waals surface area contributed by atoms with Crippen LogP contribution in [-0.4, -0.2) is 113 Å². The summed E-state index contributed by atoms with van der Waals surface area (Å²) in [4.78, 5) is 51.8. The predicted molar refractivity (Wildman–Crippen MR) is 238 cm³/mol. The highest BCUT2D eigenvalue weighted by Crippen LogP contribution is 2.35. The number of aliphatic hydroxyl groups excluding tert-OH is 2. The van der Waals surface area contributed by atoms with Crippen LogP contribution in [0.5, 0.6) is 0 Å². The molecule has 13 nitrogen and oxygen atoms in total. The van der Waals surface area contributed by atoms with Crippen LogP contribution >= 0.6 is 0 Å². The summed E-state index contributed by atoms with van der Waals surface area (Å²) in [6.07, 6.45) is 23.8. The van der Waals surface area contributed by atoms with E-state index in [1.165, 1.54) is 43.4 Å². The Morgan fingerprint density at radius 1 is 0.774 bits per heavy atom. The Balaban J connectivity index is 1.07. The van der Waals surface area contributed by atoms with Crippen LogP contribution in [-0.2, 0) is 38.1 Å². The van der Waals surface area contributed by atoms with Crippen molar-refractivity contribution in [1.82, 2.24) is 10.2 Å². The minimum absolute atomic E-state index is 0.0612. The summed E-state index contributed by atoms with van der Waals surface area (Å²) in [6.45, 7) is 9.51. The Bertz CT molecular complexity index is 1380. The van der Waals surface area contributed by atoms with Gasteiger partial charge in [0.2, 0.25) is 5.91 Å². The summed E-state index contributed by atoms with van der Waals surface area (Å²) in [5.74, 6) is -0.878. The standard InChI is InChI=1S/C49H84N2O11/c1-6-7-8-18-23-37(59-47(56)38-25-21-32-51(38)45(54)34-50-48(57)62-49(3,4)5)24-20-27-40(53)42-29-31-44(61-42)43-30-28-41(60-43)39(52)26-19-16-14-12-10-9-11-13-15-17-22-36-33-35(2)58-46(36)55/h33,35,37-44,52-53H,6-32,34H2,1-5H3,(H,50,57)/t35-,37-,38-,39+,40-,41+,42+,43+,44+/m0/s1. The molecule has 0 aromatic rings. The number of ether oxygens (including phenoxy) is 5. The number of carbonyl (C=O) groups is 4. The summed E-state index contributed by atoms with van der Waals surface area (Å²) < 4.78 is 29.2. The highest BCUT2D eigenvalue weighted by molar-refractivity contribution is 5.90. The lowest BCUT2D eigenvalue weighted by Crippen LogP contribution is -2.47. The second-order valence-electron chi connectivity index (χ2n) is 19.5. The molecule has 0 aromatic carbocycles. The van der Waals surface area contributed by atoms with Gasteiger partial charge in [0.15, 0.2) is 0 Å². The smallest absolute Gasteiger partial charge is 0.408 e. The fraction of sp³-hybridized carbons (Fsp3) is 0.878. The highest BCUT2D eigenvalue weighted by Gasteiger charge is 2.41. The molecule has 3 saturated heterocycles. The monoisotopic (exact) mass is 877 g/mol. The normalized spacial score (nSPS) is 25.4. The van der Waals surface area contributed by atoms with Crippen LogP contribution in [0.15, 0.2) is 11.6 Å². The largest absolute Gasteiger partial charge is 0.461 e. The van der Waals surface area contributed by atoms with E-state index in [1.54, 1.807) is 20.8 Å². The summed E-state index contributed by atoms with van der Waals surface area (Å²) in [5.41, 5.74) is 0.167. The molecular formula is C49H84N2O11. The van der Waals surface area contributed by atoms with Crippen molar-refractivity contribution in [2.24, 2.45) is 0 Å². The van der Waals surface area contributed by atoms with Crippen molar-refractivity contribution in [2.45, 2.75) is 262 Å². The van der Waals surface area contributed by atoms with Gasteiger partial charge in [0.25, 0.3) is 0 Å². The van der Waals surface area contributed by atoms with Gasteiger partial charge in [-0.2, -0.15) is 0 Å². The van der Waals surface area contributed by atoms with Crippen molar-refractivity contribution in [1.29, 1.82) is 0 Å². The Labute approximate surface area is 373 Å². The zero-order valence-electron chi connectivity index (χ0n) is 39.1. The molecular weight excluding hydrogens is 793 g/mol. The van der Waals surface area contributed by atoms with Gasteiger partial charge in [0.05, 0.1) is 36.6 Å². The van der Waals surface area contributed by atoms with Crippen LogP contribution in [0, 0.1) is 0 Å². The second kappa shape index (κ2) is 27.6. The lowest BCUT2D eigenvalue weighted by molar-refractivity contribution is -0.158. The van der Waals surface area contributed by atoms with Gasteiger partial charge in [-0.1, -0.05) is 84.0 Å². The van der Waals surface area contributed by atoms with Crippen molar-refractivity contribution in [3.63, 3.8) is 0 Å². The number of carbonyl (C=O) groups excluding carboxylic acids is 4. The Hall–Kier alpha value is -2.74. The number of hydrogen-bond acceptors (Lipinski definition) is 11. The van der Waals surface area contributed by atoms with Crippen molar-refractivity contribution in [3.05, 3.63) is 11.6 Å². The van der Waals surface area contributed by atoms with Crippen LogP contribution in [0.2, 0.25) is 0 Å². The molecule has 356 valence electrons. The Morgan fingerprint density at radius 2 is 1.32 bits per heavy atom. The molecule has 9 atom stereocenters. The van der Waals surface area contributed by atoms with Crippen molar-refractivity contribution in [3.8, 4) is 0 Å². The fourth-order valence-electron chi connectivity index (χ4n) is 9.49. The number of nitrogens with zero attached hydrogens (tertiary/aromatic N) is 1. The minimum atomic E-state index is -0.681. The van der Waals surface area contributed by atoms with Crippen LogP contribution in [0.1, 0.15) is 202 Å². The molecule has 0 radical (unpaired) electrons. The molecule has 0 aromatic heterocycles. The number of alkyl carbamates (subject to hydrolysis) is 1. The van der Waals surface area contributed by atoms with Crippen LogP contribution in [0.25, 0.3) is 0 Å². The molecule has 0 unspecified atom stereocenters. The first kappa shape index (κ1) is 51.9. The number of unbranched alkanes of at least 4 members (excludes halogenated alkanes) is 12. The number of esters is 2. The van der Waals surface area contributed by atoms with E-state index in [1.807, 2.05) is 13.0 Å². The van der Waals surface area contributed by atoms with Gasteiger partial charge in [0, 0.05) is 12.1 Å². The number of cyclic esters (lactones) is 1. The summed E-state index contributed by atoms with van der Waals surface area (Å²) >= 11 is 0. The summed E-state index contributed by atoms with van der Waals surface area (Å²) in [6, 6.07) is -0.678. The third-order valence-electron chi connectivity index (χ3n) is 12.9. The van der Waals surface area contributed by atoms with Gasteiger partial charge < -0.3 is 44.1 Å². The average Bonchev–Trinajstić information content (AvgIpc) is 4.06. The van der Waals surface area contributed by atoms with Gasteiger partial charge >= 0.3 is 18.0 Å². The quantitative estimate of drug-likeness (QED) is 0.0373. The van der Waals surface area contributed by atoms with Crippen LogP contribution in [0.4, 0.5) is 4.79 Å². The molecule has 62 heavy (non-hydrogen) atoms. The molecule has 4 rings (SSSR count). The maximum atomic E-state index is 13.5. The Morgan fingerprint density at radius 3 is 1.90 bits per heavy atom. The molecule has 4 aliphatic rings. The molecule has 4 heterocycles. The first-order valence-electron chi connectivity index (χ1n) is 24.8. The van der Waals surface area contributed by atoms with E-state index in [-0.39, 0.29) is 55.0 Å². The molecule has 3 fully saturated rings. The molecule has 2 amide bonds. The van der Waals surface area contributed by atoms with Gasteiger partial charge in [-0.15, -0.1) is 0 Å². The zero-order valence-corrected chi connectivity index (χ0v) is 39.1. The molecule has 3 N–H and O–H groups in total. The summed E-state index contributed by atoms with van der Waals surface area (Å²) in [5, 5.41) is 24.6. The van der Waals surface area contributed by atoms with E-state index in [9.17, 15) is 29.4 Å². The average molecular weight is 877 g/mol. The van der Waals surface area contributed by atoms with Gasteiger partial charge in [0.1, 0.15) is 30.4 Å². The van der Waals surface area contributed by atoms with E-state index in [2.05, 4.69) is 12.2 Å². The SMILES string of the molecule is CCCCCC[C@@H](CCC[C@H](O)[C@H]1CC[C@H]([C@H]2CC[C@H]([C@H](O)CCCCCCCCCCCCC3=C[C@H](C)OC3=O)O2)O1)OC(=O)[C@@H]1CCCN1C(=O)CNC(=O)OC(C)(C)C. The molecule has 0 aliphatic carbocycles. The maximum absolute atomic E-state index is 13.5. The highest BCUT2D eigenvalue weighted by atomic mass is 16.6. The number of hydrogen-bond donors (Lipinski definition) is 3. The lowest BCUT2D eigenvalue weighted by atomic mass is 9.99. The van der Waals surface area contributed by atoms with Crippen molar-refractivity contribution in [2.75, 3.05) is 13.1 Å².